The number of carbonyl (C=O) groups is 1. The fourth-order valence-corrected chi connectivity index (χ4v) is 2.27. The van der Waals surface area contributed by atoms with E-state index in [1.165, 1.54) is 0 Å². The maximum absolute atomic E-state index is 10.8. The van der Waals surface area contributed by atoms with E-state index in [0.29, 0.717) is 11.6 Å². The van der Waals surface area contributed by atoms with Crippen molar-refractivity contribution in [3.63, 3.8) is 0 Å². The summed E-state index contributed by atoms with van der Waals surface area (Å²) in [5.74, 6) is -0.0875. The van der Waals surface area contributed by atoms with Crippen molar-refractivity contribution in [3.8, 4) is 5.75 Å². The minimum atomic E-state index is -0.811. The van der Waals surface area contributed by atoms with E-state index in [1.807, 2.05) is 17.9 Å². The second-order valence-corrected chi connectivity index (χ2v) is 4.40. The molecule has 17 heavy (non-hydrogen) atoms. The van der Waals surface area contributed by atoms with Crippen LogP contribution in [-0.2, 0) is 4.79 Å². The van der Waals surface area contributed by atoms with Crippen LogP contribution in [-0.4, -0.2) is 30.3 Å². The van der Waals surface area contributed by atoms with Crippen LogP contribution in [0.15, 0.2) is 18.2 Å². The molecule has 1 heterocycles. The fraction of sp³-hybridized carbons (Fsp3) is 0.417. The van der Waals surface area contributed by atoms with Gasteiger partial charge in [0.05, 0.1) is 18.2 Å². The van der Waals surface area contributed by atoms with E-state index < -0.39 is 5.97 Å². The number of anilines is 1. The molecule has 4 nitrogen and oxygen atoms in total. The van der Waals surface area contributed by atoms with Gasteiger partial charge in [0.1, 0.15) is 12.4 Å². The summed E-state index contributed by atoms with van der Waals surface area (Å²) in [4.78, 5) is 12.8. The first-order valence-electron chi connectivity index (χ1n) is 5.52. The largest absolute Gasteiger partial charge is 0.489 e. The molecule has 0 aromatic heterocycles. The Morgan fingerprint density at radius 1 is 1.65 bits per heavy atom. The summed E-state index contributed by atoms with van der Waals surface area (Å²) in [6.07, 6.45) is 0.0793. The van der Waals surface area contributed by atoms with Crippen molar-refractivity contribution in [1.29, 1.82) is 0 Å². The van der Waals surface area contributed by atoms with Crippen molar-refractivity contribution < 1.29 is 14.6 Å². The van der Waals surface area contributed by atoms with Crippen LogP contribution >= 0.6 is 11.6 Å². The lowest BCUT2D eigenvalue weighted by Crippen LogP contribution is -2.44. The number of rotatable bonds is 3. The number of hydrogen-bond donors (Lipinski definition) is 1. The minimum Gasteiger partial charge on any atom is -0.489 e. The number of halogens is 1. The molecule has 0 saturated carbocycles. The fourth-order valence-electron chi connectivity index (χ4n) is 2.11. The Balaban J connectivity index is 2.29. The summed E-state index contributed by atoms with van der Waals surface area (Å²) >= 11 is 5.90. The van der Waals surface area contributed by atoms with Crippen molar-refractivity contribution >= 4 is 23.3 Å². The summed E-state index contributed by atoms with van der Waals surface area (Å²) in [6.45, 7) is 3.13. The Bertz CT molecular complexity index is 436. The highest BCUT2D eigenvalue weighted by molar-refractivity contribution is 6.30. The maximum atomic E-state index is 10.8. The average molecular weight is 256 g/mol. The molecule has 1 atom stereocenters. The van der Waals surface area contributed by atoms with Crippen LogP contribution in [0.25, 0.3) is 0 Å². The Kier molecular flexibility index (Phi) is 3.43. The molecule has 0 aliphatic carbocycles. The van der Waals surface area contributed by atoms with E-state index in [0.717, 1.165) is 18.0 Å². The first kappa shape index (κ1) is 12.0. The van der Waals surface area contributed by atoms with E-state index >= 15 is 0 Å². The molecule has 1 aliphatic heterocycles. The number of carboxylic acid groups (broad SMARTS) is 1. The zero-order valence-corrected chi connectivity index (χ0v) is 10.3. The third kappa shape index (κ3) is 2.47. The van der Waals surface area contributed by atoms with Crippen molar-refractivity contribution in [3.05, 3.63) is 23.2 Å². The first-order valence-corrected chi connectivity index (χ1v) is 5.90. The van der Waals surface area contributed by atoms with Gasteiger partial charge in [0.15, 0.2) is 0 Å². The number of nitrogens with zero attached hydrogens (tertiary/aromatic N) is 1. The second-order valence-electron chi connectivity index (χ2n) is 3.96. The number of fused-ring (bicyclic) bond motifs is 1. The molecule has 1 aliphatic rings. The monoisotopic (exact) mass is 255 g/mol. The van der Waals surface area contributed by atoms with E-state index in [2.05, 4.69) is 0 Å². The molecule has 0 amide bonds. The van der Waals surface area contributed by atoms with Crippen LogP contribution in [0.5, 0.6) is 5.75 Å². The zero-order valence-electron chi connectivity index (χ0n) is 9.52. The number of benzene rings is 1. The van der Waals surface area contributed by atoms with Gasteiger partial charge in [-0.1, -0.05) is 11.6 Å². The normalized spacial score (nSPS) is 18.5. The van der Waals surface area contributed by atoms with Gasteiger partial charge in [-0.25, -0.2) is 0 Å². The molecule has 92 valence electrons. The Morgan fingerprint density at radius 2 is 2.41 bits per heavy atom. The molecule has 0 unspecified atom stereocenters. The number of hydrogen-bond acceptors (Lipinski definition) is 3. The van der Waals surface area contributed by atoms with Crippen LogP contribution in [0, 0.1) is 0 Å². The van der Waals surface area contributed by atoms with E-state index in [9.17, 15) is 4.79 Å². The summed E-state index contributed by atoms with van der Waals surface area (Å²) in [6, 6.07) is 5.30. The van der Waals surface area contributed by atoms with Gasteiger partial charge in [-0.05, 0) is 19.1 Å². The smallest absolute Gasteiger partial charge is 0.305 e. The summed E-state index contributed by atoms with van der Waals surface area (Å²) in [5.41, 5.74) is 0.911. The van der Waals surface area contributed by atoms with Crippen molar-refractivity contribution in [2.24, 2.45) is 0 Å². The third-order valence-electron chi connectivity index (χ3n) is 2.85. The molecular formula is C12H14ClNO3. The molecule has 1 aromatic rings. The van der Waals surface area contributed by atoms with Crippen LogP contribution in [0.4, 0.5) is 5.69 Å². The molecule has 0 fully saturated rings. The minimum absolute atomic E-state index is 0.0793. The first-order chi connectivity index (χ1) is 8.11. The van der Waals surface area contributed by atoms with Crippen LogP contribution in [0.1, 0.15) is 13.3 Å². The summed E-state index contributed by atoms with van der Waals surface area (Å²) < 4.78 is 5.56. The molecule has 0 spiro atoms. The molecule has 2 rings (SSSR count). The van der Waals surface area contributed by atoms with Gasteiger partial charge in [-0.2, -0.15) is 0 Å². The third-order valence-corrected chi connectivity index (χ3v) is 3.09. The van der Waals surface area contributed by atoms with Crippen LogP contribution < -0.4 is 9.64 Å². The van der Waals surface area contributed by atoms with E-state index in [4.69, 9.17) is 21.4 Å². The molecular weight excluding hydrogens is 242 g/mol. The van der Waals surface area contributed by atoms with Gasteiger partial charge in [-0.3, -0.25) is 4.79 Å². The molecule has 0 saturated heterocycles. The predicted molar refractivity (Wildman–Crippen MR) is 66.0 cm³/mol. The van der Waals surface area contributed by atoms with Crippen molar-refractivity contribution in [2.75, 3.05) is 18.1 Å². The lowest BCUT2D eigenvalue weighted by Gasteiger charge is -2.37. The zero-order chi connectivity index (χ0) is 12.4. The van der Waals surface area contributed by atoms with Gasteiger partial charge < -0.3 is 14.7 Å². The standard InChI is InChI=1S/C12H14ClNO3/c1-2-14-9(6-12(15)16)7-17-11-5-8(13)3-4-10(11)14/h3-5,9H,2,6-7H2,1H3,(H,15,16)/t9-/m0/s1. The molecule has 0 bridgehead atoms. The van der Waals surface area contributed by atoms with Crippen LogP contribution in [0.2, 0.25) is 5.02 Å². The molecule has 0 radical (unpaired) electrons. The lowest BCUT2D eigenvalue weighted by atomic mass is 10.1. The number of ether oxygens (including phenoxy) is 1. The van der Waals surface area contributed by atoms with Gasteiger partial charge in [-0.15, -0.1) is 0 Å². The van der Waals surface area contributed by atoms with E-state index in [1.54, 1.807) is 12.1 Å². The Labute approximate surface area is 105 Å². The number of aliphatic carboxylic acids is 1. The maximum Gasteiger partial charge on any atom is 0.305 e. The second kappa shape index (κ2) is 4.84. The van der Waals surface area contributed by atoms with Crippen molar-refractivity contribution in [1.82, 2.24) is 0 Å². The predicted octanol–water partition coefficient (Wildman–Crippen LogP) is 2.40. The van der Waals surface area contributed by atoms with Gasteiger partial charge in [0.25, 0.3) is 0 Å². The van der Waals surface area contributed by atoms with Crippen molar-refractivity contribution in [2.45, 2.75) is 19.4 Å². The summed E-state index contributed by atoms with van der Waals surface area (Å²) in [7, 11) is 0. The average Bonchev–Trinajstić information content (AvgIpc) is 2.28. The molecule has 5 heteroatoms. The highest BCUT2D eigenvalue weighted by Crippen LogP contribution is 2.36. The Morgan fingerprint density at radius 3 is 3.06 bits per heavy atom. The lowest BCUT2D eigenvalue weighted by molar-refractivity contribution is -0.137. The van der Waals surface area contributed by atoms with Gasteiger partial charge in [0, 0.05) is 17.6 Å². The van der Waals surface area contributed by atoms with Gasteiger partial charge >= 0.3 is 5.97 Å². The van der Waals surface area contributed by atoms with Gasteiger partial charge in [0.2, 0.25) is 0 Å². The number of carboxylic acids is 1. The van der Waals surface area contributed by atoms with E-state index in [-0.39, 0.29) is 12.5 Å². The number of likely N-dealkylation sites (N-methyl/N-ethyl adjacent to an activating group) is 1. The topological polar surface area (TPSA) is 49.8 Å². The highest BCUT2D eigenvalue weighted by atomic mass is 35.5. The van der Waals surface area contributed by atoms with Crippen LogP contribution in [0.3, 0.4) is 0 Å². The molecule has 1 aromatic carbocycles. The Hall–Kier alpha value is -1.42. The highest BCUT2D eigenvalue weighted by Gasteiger charge is 2.28. The quantitative estimate of drug-likeness (QED) is 0.901. The molecule has 1 N–H and O–H groups in total. The summed E-state index contributed by atoms with van der Waals surface area (Å²) in [5, 5.41) is 9.49. The SMILES string of the molecule is CCN1c2ccc(Cl)cc2OC[C@@H]1CC(=O)O.